The molecule has 1 aliphatic carbocycles. The number of fused-ring (bicyclic) bond motifs is 1. The van der Waals surface area contributed by atoms with E-state index in [0.29, 0.717) is 0 Å². The molecule has 1 heterocycles. The van der Waals surface area contributed by atoms with E-state index in [0.717, 1.165) is 6.34 Å². The monoisotopic (exact) mass is 228 g/mol. The summed E-state index contributed by atoms with van der Waals surface area (Å²) >= 11 is 0. The summed E-state index contributed by atoms with van der Waals surface area (Å²) in [5, 5.41) is 0. The molecule has 17 heavy (non-hydrogen) atoms. The third-order valence-electron chi connectivity index (χ3n) is 2.35. The van der Waals surface area contributed by atoms with Gasteiger partial charge in [0.05, 0.1) is 5.56 Å². The van der Waals surface area contributed by atoms with Crippen molar-refractivity contribution in [2.75, 3.05) is 0 Å². The Bertz CT molecular complexity index is 587. The van der Waals surface area contributed by atoms with Gasteiger partial charge in [-0.05, 0) is 13.6 Å². The summed E-state index contributed by atoms with van der Waals surface area (Å²) in [4.78, 5) is 38.7. The van der Waals surface area contributed by atoms with E-state index in [9.17, 15) is 9.59 Å². The number of carbonyl (C=O) groups excluding carboxylic acids is 2. The number of nitrogens with zero attached hydrogens (tertiary/aromatic N) is 4. The quantitative estimate of drug-likeness (QED) is 0.555. The second-order valence-corrected chi connectivity index (χ2v) is 3.34. The Morgan fingerprint density at radius 1 is 1.35 bits per heavy atom. The standard InChI is InChI=1S/C11H8N4O2/c1-6-8(14-4-12-2)11(17)7-3-13-5-15-9(7)10(6)16/h3-5H,2H2,1H3. The molecule has 0 amide bonds. The highest BCUT2D eigenvalue weighted by atomic mass is 16.1. The fraction of sp³-hybridized carbons (Fsp3) is 0.0909. The maximum atomic E-state index is 12.0. The lowest BCUT2D eigenvalue weighted by molar-refractivity contribution is 0.0969. The Morgan fingerprint density at radius 2 is 2.12 bits per heavy atom. The fourth-order valence-electron chi connectivity index (χ4n) is 1.51. The lowest BCUT2D eigenvalue weighted by atomic mass is 9.93. The SMILES string of the molecule is C=NC=NC1=C(C)C(=O)c2ncncc2C1=O. The largest absolute Gasteiger partial charge is 0.287 e. The molecule has 0 unspecified atom stereocenters. The first kappa shape index (κ1) is 11.0. The van der Waals surface area contributed by atoms with Crippen LogP contribution in [0.25, 0.3) is 0 Å². The first-order chi connectivity index (χ1) is 8.16. The summed E-state index contributed by atoms with van der Waals surface area (Å²) in [5.41, 5.74) is 0.595. The molecule has 0 saturated heterocycles. The van der Waals surface area contributed by atoms with Crippen molar-refractivity contribution in [2.45, 2.75) is 6.92 Å². The number of aliphatic imine (C=N–C) groups is 2. The Balaban J connectivity index is 2.62. The van der Waals surface area contributed by atoms with Crippen molar-refractivity contribution < 1.29 is 9.59 Å². The molecule has 0 N–H and O–H groups in total. The van der Waals surface area contributed by atoms with Gasteiger partial charge in [0.15, 0.2) is 0 Å². The Morgan fingerprint density at radius 3 is 2.82 bits per heavy atom. The van der Waals surface area contributed by atoms with Gasteiger partial charge in [-0.3, -0.25) is 14.6 Å². The third-order valence-corrected chi connectivity index (χ3v) is 2.35. The van der Waals surface area contributed by atoms with Crippen molar-refractivity contribution in [3.05, 3.63) is 35.1 Å². The number of Topliss-reactive ketones (excluding diaryl/α,β-unsaturated/α-hetero) is 2. The Labute approximate surface area is 96.8 Å². The Hall–Kier alpha value is -2.50. The highest BCUT2D eigenvalue weighted by Crippen LogP contribution is 2.24. The van der Waals surface area contributed by atoms with Crippen LogP contribution in [0, 0.1) is 0 Å². The van der Waals surface area contributed by atoms with Crippen molar-refractivity contribution in [3.8, 4) is 0 Å². The zero-order chi connectivity index (χ0) is 12.4. The maximum Gasteiger partial charge on any atom is 0.215 e. The molecule has 0 fully saturated rings. The van der Waals surface area contributed by atoms with Crippen LogP contribution in [0.15, 0.2) is 33.8 Å². The first-order valence-corrected chi connectivity index (χ1v) is 4.75. The van der Waals surface area contributed by atoms with E-state index in [1.807, 2.05) is 0 Å². The number of ketones is 2. The molecule has 1 aromatic rings. The minimum absolute atomic E-state index is 0.0599. The average molecular weight is 228 g/mol. The van der Waals surface area contributed by atoms with Crippen LogP contribution < -0.4 is 0 Å². The number of carbonyl (C=O) groups is 2. The van der Waals surface area contributed by atoms with E-state index in [1.165, 1.54) is 19.4 Å². The normalized spacial score (nSPS) is 15.4. The van der Waals surface area contributed by atoms with E-state index in [4.69, 9.17) is 0 Å². The van der Waals surface area contributed by atoms with Crippen molar-refractivity contribution in [1.82, 2.24) is 9.97 Å². The van der Waals surface area contributed by atoms with E-state index in [-0.39, 0.29) is 34.1 Å². The molecule has 0 aromatic carbocycles. The molecule has 1 aliphatic rings. The molecular formula is C11H8N4O2. The average Bonchev–Trinajstić information content (AvgIpc) is 2.36. The first-order valence-electron chi connectivity index (χ1n) is 4.75. The number of hydrogen-bond donors (Lipinski definition) is 0. The maximum absolute atomic E-state index is 12.0. The minimum Gasteiger partial charge on any atom is -0.287 e. The van der Waals surface area contributed by atoms with Gasteiger partial charge in [-0.2, -0.15) is 0 Å². The van der Waals surface area contributed by atoms with Gasteiger partial charge in [-0.1, -0.05) is 0 Å². The van der Waals surface area contributed by atoms with E-state index >= 15 is 0 Å². The smallest absolute Gasteiger partial charge is 0.215 e. The summed E-state index contributed by atoms with van der Waals surface area (Å²) in [5.74, 6) is -0.698. The number of allylic oxidation sites excluding steroid dienone is 2. The van der Waals surface area contributed by atoms with Crippen LogP contribution in [-0.4, -0.2) is 34.6 Å². The van der Waals surface area contributed by atoms with Gasteiger partial charge in [0.2, 0.25) is 11.6 Å². The van der Waals surface area contributed by atoms with Gasteiger partial charge < -0.3 is 0 Å². The van der Waals surface area contributed by atoms with Crippen LogP contribution in [0.5, 0.6) is 0 Å². The highest BCUT2D eigenvalue weighted by Gasteiger charge is 2.30. The molecule has 0 bridgehead atoms. The lowest BCUT2D eigenvalue weighted by Gasteiger charge is -2.13. The molecule has 0 atom stereocenters. The molecule has 2 rings (SSSR count). The molecule has 0 spiro atoms. The Kier molecular flexibility index (Phi) is 2.70. The predicted octanol–water partition coefficient (Wildman–Crippen LogP) is 0.859. The van der Waals surface area contributed by atoms with Crippen molar-refractivity contribution in [3.63, 3.8) is 0 Å². The molecule has 6 heteroatoms. The van der Waals surface area contributed by atoms with Gasteiger partial charge in [0.1, 0.15) is 24.1 Å². The zero-order valence-electron chi connectivity index (χ0n) is 9.04. The number of aromatic nitrogens is 2. The van der Waals surface area contributed by atoms with Crippen LogP contribution in [0.4, 0.5) is 0 Å². The molecule has 0 saturated carbocycles. The summed E-state index contributed by atoms with van der Waals surface area (Å²) in [7, 11) is 0. The molecule has 0 radical (unpaired) electrons. The summed E-state index contributed by atoms with van der Waals surface area (Å²) in [6.07, 6.45) is 3.67. The summed E-state index contributed by atoms with van der Waals surface area (Å²) in [6.45, 7) is 4.74. The second-order valence-electron chi connectivity index (χ2n) is 3.34. The van der Waals surface area contributed by atoms with Gasteiger partial charge in [0, 0.05) is 11.8 Å². The van der Waals surface area contributed by atoms with Gasteiger partial charge >= 0.3 is 0 Å². The van der Waals surface area contributed by atoms with Gasteiger partial charge in [-0.25, -0.2) is 15.0 Å². The van der Waals surface area contributed by atoms with Gasteiger partial charge in [-0.15, -0.1) is 0 Å². The van der Waals surface area contributed by atoms with Crippen LogP contribution in [-0.2, 0) is 0 Å². The van der Waals surface area contributed by atoms with Crippen LogP contribution >= 0.6 is 0 Å². The minimum atomic E-state index is -0.377. The zero-order valence-corrected chi connectivity index (χ0v) is 9.04. The van der Waals surface area contributed by atoms with Crippen molar-refractivity contribution in [1.29, 1.82) is 0 Å². The highest BCUT2D eigenvalue weighted by molar-refractivity contribution is 6.25. The van der Waals surface area contributed by atoms with Crippen LogP contribution in [0.2, 0.25) is 0 Å². The summed E-state index contributed by atoms with van der Waals surface area (Å²) in [6, 6.07) is 0. The van der Waals surface area contributed by atoms with E-state index < -0.39 is 0 Å². The lowest BCUT2D eigenvalue weighted by Crippen LogP contribution is -2.21. The van der Waals surface area contributed by atoms with Crippen LogP contribution in [0.3, 0.4) is 0 Å². The third kappa shape index (κ3) is 1.69. The number of hydrogen-bond acceptors (Lipinski definition) is 5. The second kappa shape index (κ2) is 4.17. The van der Waals surface area contributed by atoms with Crippen molar-refractivity contribution in [2.24, 2.45) is 9.98 Å². The molecule has 1 aromatic heterocycles. The topological polar surface area (TPSA) is 84.6 Å². The van der Waals surface area contributed by atoms with Gasteiger partial charge in [0.25, 0.3) is 0 Å². The molecule has 6 nitrogen and oxygen atoms in total. The fourth-order valence-corrected chi connectivity index (χ4v) is 1.51. The molecular weight excluding hydrogens is 220 g/mol. The molecule has 84 valence electrons. The molecule has 0 aliphatic heterocycles. The van der Waals surface area contributed by atoms with Crippen molar-refractivity contribution >= 4 is 24.6 Å². The van der Waals surface area contributed by atoms with E-state index in [1.54, 1.807) is 0 Å². The number of rotatable bonds is 2. The predicted molar refractivity (Wildman–Crippen MR) is 61.4 cm³/mol. The summed E-state index contributed by atoms with van der Waals surface area (Å²) < 4.78 is 0. The van der Waals surface area contributed by atoms with Crippen LogP contribution in [0.1, 0.15) is 27.8 Å². The van der Waals surface area contributed by atoms with E-state index in [2.05, 4.69) is 26.7 Å².